The SMILES string of the molecule is Cc1nccn1CC(O)C(C)(O)CCCC(C)CCCC(C)C. The predicted molar refractivity (Wildman–Crippen MR) is 95.3 cm³/mol. The van der Waals surface area contributed by atoms with Crippen molar-refractivity contribution in [2.24, 2.45) is 11.8 Å². The maximum absolute atomic E-state index is 10.6. The fourth-order valence-electron chi connectivity index (χ4n) is 2.97. The van der Waals surface area contributed by atoms with Crippen molar-refractivity contribution in [2.45, 2.75) is 91.4 Å². The van der Waals surface area contributed by atoms with Gasteiger partial charge in [-0.3, -0.25) is 0 Å². The molecule has 4 heteroatoms. The molecule has 3 unspecified atom stereocenters. The van der Waals surface area contributed by atoms with Gasteiger partial charge in [0, 0.05) is 12.4 Å². The summed E-state index contributed by atoms with van der Waals surface area (Å²) in [4.78, 5) is 4.15. The van der Waals surface area contributed by atoms with Crippen LogP contribution >= 0.6 is 0 Å². The fraction of sp³-hybridized carbons (Fsp3) is 0.842. The van der Waals surface area contributed by atoms with E-state index in [9.17, 15) is 10.2 Å². The van der Waals surface area contributed by atoms with Crippen LogP contribution in [0, 0.1) is 18.8 Å². The molecule has 0 aliphatic rings. The zero-order valence-electron chi connectivity index (χ0n) is 15.6. The van der Waals surface area contributed by atoms with E-state index in [1.165, 1.54) is 19.3 Å². The second-order valence-corrected chi connectivity index (χ2v) is 7.82. The molecule has 0 radical (unpaired) electrons. The average molecular weight is 325 g/mol. The monoisotopic (exact) mass is 324 g/mol. The van der Waals surface area contributed by atoms with E-state index in [2.05, 4.69) is 25.8 Å². The summed E-state index contributed by atoms with van der Waals surface area (Å²) in [7, 11) is 0. The van der Waals surface area contributed by atoms with Crippen molar-refractivity contribution in [3.63, 3.8) is 0 Å². The summed E-state index contributed by atoms with van der Waals surface area (Å²) in [6.07, 6.45) is 9.34. The molecule has 1 rings (SSSR count). The van der Waals surface area contributed by atoms with Crippen LogP contribution in [0.3, 0.4) is 0 Å². The van der Waals surface area contributed by atoms with Gasteiger partial charge in [0.2, 0.25) is 0 Å². The quantitative estimate of drug-likeness (QED) is 0.648. The van der Waals surface area contributed by atoms with Crippen molar-refractivity contribution < 1.29 is 10.2 Å². The molecule has 0 saturated heterocycles. The maximum Gasteiger partial charge on any atom is 0.105 e. The van der Waals surface area contributed by atoms with E-state index < -0.39 is 11.7 Å². The largest absolute Gasteiger partial charge is 0.388 e. The van der Waals surface area contributed by atoms with Gasteiger partial charge >= 0.3 is 0 Å². The van der Waals surface area contributed by atoms with Crippen LogP contribution in [0.5, 0.6) is 0 Å². The summed E-state index contributed by atoms with van der Waals surface area (Å²) in [6, 6.07) is 0. The normalized spacial score (nSPS) is 17.2. The van der Waals surface area contributed by atoms with E-state index in [1.807, 2.05) is 17.7 Å². The lowest BCUT2D eigenvalue weighted by Gasteiger charge is -2.30. The molecule has 4 nitrogen and oxygen atoms in total. The lowest BCUT2D eigenvalue weighted by molar-refractivity contribution is -0.0754. The number of rotatable bonds is 11. The molecule has 1 heterocycles. The molecule has 0 amide bonds. The molecule has 0 aliphatic heterocycles. The highest BCUT2D eigenvalue weighted by atomic mass is 16.3. The molecule has 0 aromatic carbocycles. The average Bonchev–Trinajstić information content (AvgIpc) is 2.83. The van der Waals surface area contributed by atoms with Gasteiger partial charge in [-0.15, -0.1) is 0 Å². The highest BCUT2D eigenvalue weighted by Crippen LogP contribution is 2.23. The van der Waals surface area contributed by atoms with Gasteiger partial charge in [0.1, 0.15) is 11.9 Å². The lowest BCUT2D eigenvalue weighted by Crippen LogP contribution is -2.42. The number of nitrogens with zero attached hydrogens (tertiary/aromatic N) is 2. The molecular formula is C19H36N2O2. The third kappa shape index (κ3) is 7.49. The molecule has 0 bridgehead atoms. The summed E-state index contributed by atoms with van der Waals surface area (Å²) >= 11 is 0. The van der Waals surface area contributed by atoms with Crippen LogP contribution in [-0.4, -0.2) is 31.5 Å². The smallest absolute Gasteiger partial charge is 0.105 e. The lowest BCUT2D eigenvalue weighted by atomic mass is 9.89. The molecule has 134 valence electrons. The maximum atomic E-state index is 10.6. The van der Waals surface area contributed by atoms with Crippen LogP contribution in [-0.2, 0) is 6.54 Å². The van der Waals surface area contributed by atoms with Gasteiger partial charge in [-0.05, 0) is 32.1 Å². The number of aryl methyl sites for hydroxylation is 1. The zero-order valence-corrected chi connectivity index (χ0v) is 15.6. The minimum atomic E-state index is -1.05. The van der Waals surface area contributed by atoms with Crippen LogP contribution in [0.15, 0.2) is 12.4 Å². The molecule has 2 N–H and O–H groups in total. The van der Waals surface area contributed by atoms with Gasteiger partial charge < -0.3 is 14.8 Å². The Morgan fingerprint density at radius 1 is 1.17 bits per heavy atom. The fourth-order valence-corrected chi connectivity index (χ4v) is 2.97. The second-order valence-electron chi connectivity index (χ2n) is 7.82. The molecule has 0 fully saturated rings. The van der Waals surface area contributed by atoms with Crippen LogP contribution in [0.2, 0.25) is 0 Å². The Morgan fingerprint density at radius 2 is 1.83 bits per heavy atom. The van der Waals surface area contributed by atoms with Gasteiger partial charge in [0.05, 0.1) is 12.1 Å². The molecular weight excluding hydrogens is 288 g/mol. The zero-order chi connectivity index (χ0) is 17.5. The molecule has 1 aromatic rings. The summed E-state index contributed by atoms with van der Waals surface area (Å²) in [5.41, 5.74) is -1.05. The van der Waals surface area contributed by atoms with Crippen molar-refractivity contribution in [3.8, 4) is 0 Å². The van der Waals surface area contributed by atoms with E-state index in [-0.39, 0.29) is 0 Å². The third-order valence-corrected chi connectivity index (χ3v) is 4.87. The molecule has 0 spiro atoms. The van der Waals surface area contributed by atoms with Gasteiger partial charge in [0.25, 0.3) is 0 Å². The molecule has 3 atom stereocenters. The van der Waals surface area contributed by atoms with Crippen molar-refractivity contribution in [2.75, 3.05) is 0 Å². The minimum absolute atomic E-state index is 0.392. The number of aliphatic hydroxyl groups is 2. The molecule has 0 saturated carbocycles. The van der Waals surface area contributed by atoms with Gasteiger partial charge in [0.15, 0.2) is 0 Å². The first-order valence-electron chi connectivity index (χ1n) is 9.10. The van der Waals surface area contributed by atoms with Gasteiger partial charge in [-0.1, -0.05) is 52.9 Å². The Hall–Kier alpha value is -0.870. The van der Waals surface area contributed by atoms with Crippen molar-refractivity contribution >= 4 is 0 Å². The predicted octanol–water partition coefficient (Wildman–Crippen LogP) is 3.94. The van der Waals surface area contributed by atoms with Crippen molar-refractivity contribution in [1.29, 1.82) is 0 Å². The Labute approximate surface area is 141 Å². The van der Waals surface area contributed by atoms with Crippen molar-refractivity contribution in [3.05, 3.63) is 18.2 Å². The number of imidazole rings is 1. The van der Waals surface area contributed by atoms with E-state index in [4.69, 9.17) is 0 Å². The summed E-state index contributed by atoms with van der Waals surface area (Å²) in [5.74, 6) is 2.33. The first-order valence-corrected chi connectivity index (χ1v) is 9.10. The van der Waals surface area contributed by atoms with Crippen LogP contribution in [0.1, 0.15) is 72.0 Å². The second kappa shape index (κ2) is 9.43. The number of aromatic nitrogens is 2. The van der Waals surface area contributed by atoms with E-state index in [0.29, 0.717) is 18.9 Å². The Bertz CT molecular complexity index is 440. The topological polar surface area (TPSA) is 58.3 Å². The summed E-state index contributed by atoms with van der Waals surface area (Å²) < 4.78 is 1.88. The van der Waals surface area contributed by atoms with E-state index >= 15 is 0 Å². The Morgan fingerprint density at radius 3 is 2.39 bits per heavy atom. The highest BCUT2D eigenvalue weighted by Gasteiger charge is 2.30. The number of hydrogen-bond acceptors (Lipinski definition) is 3. The Balaban J connectivity index is 2.30. The van der Waals surface area contributed by atoms with Crippen LogP contribution in [0.25, 0.3) is 0 Å². The molecule has 0 aliphatic carbocycles. The van der Waals surface area contributed by atoms with E-state index in [0.717, 1.165) is 24.6 Å². The standard InChI is InChI=1S/C19H36N2O2/c1-15(2)8-6-9-16(3)10-7-11-19(5,23)18(22)14-21-13-12-20-17(21)4/h12-13,15-16,18,22-23H,6-11,14H2,1-5H3. The first kappa shape index (κ1) is 20.2. The summed E-state index contributed by atoms with van der Waals surface area (Å²) in [6.45, 7) is 10.9. The van der Waals surface area contributed by atoms with E-state index in [1.54, 1.807) is 13.1 Å². The minimum Gasteiger partial charge on any atom is -0.388 e. The van der Waals surface area contributed by atoms with Crippen LogP contribution in [0.4, 0.5) is 0 Å². The molecule has 23 heavy (non-hydrogen) atoms. The van der Waals surface area contributed by atoms with Crippen molar-refractivity contribution in [1.82, 2.24) is 9.55 Å². The van der Waals surface area contributed by atoms with Gasteiger partial charge in [-0.2, -0.15) is 0 Å². The van der Waals surface area contributed by atoms with Crippen LogP contribution < -0.4 is 0 Å². The number of aliphatic hydroxyl groups excluding tert-OH is 1. The third-order valence-electron chi connectivity index (χ3n) is 4.87. The summed E-state index contributed by atoms with van der Waals surface area (Å²) in [5, 5.41) is 20.9. The van der Waals surface area contributed by atoms with Gasteiger partial charge in [-0.25, -0.2) is 4.98 Å². The molecule has 1 aromatic heterocycles. The Kier molecular flexibility index (Phi) is 8.27. The highest BCUT2D eigenvalue weighted by molar-refractivity contribution is 4.92. The number of hydrogen-bond donors (Lipinski definition) is 2. The first-order chi connectivity index (χ1) is 10.7.